The van der Waals surface area contributed by atoms with Crippen LogP contribution >= 0.6 is 23.4 Å². The summed E-state index contributed by atoms with van der Waals surface area (Å²) in [4.78, 5) is 0.882. The predicted molar refractivity (Wildman–Crippen MR) is 102 cm³/mol. The normalized spacial score (nSPS) is 18.8. The Kier molecular flexibility index (Phi) is 5.58. The Morgan fingerprint density at radius 2 is 2.04 bits per heavy atom. The van der Waals surface area contributed by atoms with Crippen LogP contribution in [-0.2, 0) is 10.0 Å². The molecule has 1 atom stereocenters. The van der Waals surface area contributed by atoms with Gasteiger partial charge in [0.25, 0.3) is 10.0 Å². The number of hydrogen-bond acceptors (Lipinski definition) is 4. The summed E-state index contributed by atoms with van der Waals surface area (Å²) in [6.07, 6.45) is 1.27. The third kappa shape index (κ3) is 3.65. The maximum atomic E-state index is 13.5. The smallest absolute Gasteiger partial charge is 0.252 e. The third-order valence-electron chi connectivity index (χ3n) is 3.93. The number of para-hydroxylation sites is 1. The van der Waals surface area contributed by atoms with Gasteiger partial charge in [-0.3, -0.25) is 0 Å². The van der Waals surface area contributed by atoms with Crippen LogP contribution in [-0.4, -0.2) is 26.6 Å². The van der Waals surface area contributed by atoms with Gasteiger partial charge in [-0.2, -0.15) is 0 Å². The van der Waals surface area contributed by atoms with E-state index in [0.717, 1.165) is 17.9 Å². The molecule has 2 aromatic carbocycles. The zero-order valence-electron chi connectivity index (χ0n) is 13.6. The number of hydrogen-bond donors (Lipinski definition) is 1. The molecule has 8 heteroatoms. The molecule has 1 aliphatic rings. The van der Waals surface area contributed by atoms with Gasteiger partial charge in [0.15, 0.2) is 0 Å². The van der Waals surface area contributed by atoms with Crippen LogP contribution in [0, 0.1) is 5.82 Å². The van der Waals surface area contributed by atoms with Crippen LogP contribution in [0.4, 0.5) is 15.8 Å². The van der Waals surface area contributed by atoms with Crippen molar-refractivity contribution in [2.45, 2.75) is 22.3 Å². The van der Waals surface area contributed by atoms with E-state index in [-0.39, 0.29) is 5.02 Å². The fraction of sp³-hybridized carbons (Fsp3) is 0.294. The molecule has 134 valence electrons. The second-order valence-electron chi connectivity index (χ2n) is 5.67. The van der Waals surface area contributed by atoms with Crippen molar-refractivity contribution in [3.05, 3.63) is 53.3 Å². The lowest BCUT2D eigenvalue weighted by Crippen LogP contribution is -2.37. The minimum absolute atomic E-state index is 0.102. The predicted octanol–water partition coefficient (Wildman–Crippen LogP) is 4.38. The first-order valence-electron chi connectivity index (χ1n) is 7.84. The highest BCUT2D eigenvalue weighted by Gasteiger charge is 2.39. The Morgan fingerprint density at radius 3 is 2.76 bits per heavy atom. The molecular formula is C17H18ClFN2O2S2. The van der Waals surface area contributed by atoms with Crippen LogP contribution in [0.1, 0.15) is 12.8 Å². The summed E-state index contributed by atoms with van der Waals surface area (Å²) in [7, 11) is -1.82. The number of thioether (sulfide) groups is 1. The van der Waals surface area contributed by atoms with Crippen molar-refractivity contribution in [1.82, 2.24) is 5.32 Å². The molecule has 0 saturated carbocycles. The molecule has 1 unspecified atom stereocenters. The summed E-state index contributed by atoms with van der Waals surface area (Å²) in [5.41, 5.74) is 0.915. The van der Waals surface area contributed by atoms with E-state index in [0.29, 0.717) is 17.8 Å². The molecule has 0 bridgehead atoms. The fourth-order valence-electron chi connectivity index (χ4n) is 2.73. The van der Waals surface area contributed by atoms with Crippen LogP contribution in [0.5, 0.6) is 0 Å². The number of nitrogens with zero attached hydrogens (tertiary/aromatic N) is 1. The molecule has 4 nitrogen and oxygen atoms in total. The molecule has 0 spiro atoms. The van der Waals surface area contributed by atoms with Crippen molar-refractivity contribution in [3.8, 4) is 0 Å². The van der Waals surface area contributed by atoms with E-state index >= 15 is 0 Å². The highest BCUT2D eigenvalue weighted by atomic mass is 35.5. The quantitative estimate of drug-likeness (QED) is 0.757. The number of anilines is 2. The molecule has 0 saturated heterocycles. The van der Waals surface area contributed by atoms with Gasteiger partial charge in [-0.1, -0.05) is 23.7 Å². The van der Waals surface area contributed by atoms with Crippen LogP contribution in [0.2, 0.25) is 5.02 Å². The maximum absolute atomic E-state index is 13.5. The average Bonchev–Trinajstić information content (AvgIpc) is 2.58. The monoisotopic (exact) mass is 400 g/mol. The lowest BCUT2D eigenvalue weighted by atomic mass is 10.2. The summed E-state index contributed by atoms with van der Waals surface area (Å²) < 4.78 is 40.6. The van der Waals surface area contributed by atoms with E-state index < -0.39 is 20.4 Å². The Morgan fingerprint density at radius 1 is 1.28 bits per heavy atom. The van der Waals surface area contributed by atoms with Crippen LogP contribution in [0.25, 0.3) is 0 Å². The zero-order chi connectivity index (χ0) is 18.0. The molecule has 0 aliphatic carbocycles. The Hall–Kier alpha value is -1.28. The lowest BCUT2D eigenvalue weighted by molar-refractivity contribution is 0.584. The lowest BCUT2D eigenvalue weighted by Gasteiger charge is -2.35. The third-order valence-corrected chi connectivity index (χ3v) is 8.16. The van der Waals surface area contributed by atoms with E-state index in [2.05, 4.69) is 5.32 Å². The van der Waals surface area contributed by atoms with Gasteiger partial charge in [0.2, 0.25) is 0 Å². The summed E-state index contributed by atoms with van der Waals surface area (Å²) in [5, 5.41) is 2.93. The summed E-state index contributed by atoms with van der Waals surface area (Å²) in [5.74, 6) is -0.576. The molecule has 3 rings (SSSR count). The Bertz CT molecular complexity index is 877. The van der Waals surface area contributed by atoms with Crippen molar-refractivity contribution >= 4 is 44.8 Å². The highest BCUT2D eigenvalue weighted by molar-refractivity contribution is 8.14. The molecule has 1 aliphatic heterocycles. The highest BCUT2D eigenvalue weighted by Crippen LogP contribution is 2.47. The number of benzene rings is 2. The van der Waals surface area contributed by atoms with E-state index in [1.807, 2.05) is 19.2 Å². The van der Waals surface area contributed by atoms with Crippen molar-refractivity contribution in [2.24, 2.45) is 0 Å². The minimum Gasteiger partial charge on any atom is -0.320 e. The number of fused-ring (bicyclic) bond motifs is 1. The molecule has 0 radical (unpaired) electrons. The van der Waals surface area contributed by atoms with E-state index in [9.17, 15) is 12.8 Å². The number of nitrogens with one attached hydrogen (secondary N) is 1. The Labute approximate surface area is 156 Å². The molecular weight excluding hydrogens is 383 g/mol. The number of rotatable bonds is 5. The number of sulfonamides is 1. The van der Waals surface area contributed by atoms with Gasteiger partial charge < -0.3 is 5.32 Å². The molecule has 1 heterocycles. The van der Waals surface area contributed by atoms with E-state index in [1.54, 1.807) is 12.1 Å². The first-order chi connectivity index (χ1) is 11.9. The summed E-state index contributed by atoms with van der Waals surface area (Å²) in [6.45, 7) is 0.747. The summed E-state index contributed by atoms with van der Waals surface area (Å²) >= 11 is 7.24. The molecule has 2 aromatic rings. The minimum atomic E-state index is -3.65. The van der Waals surface area contributed by atoms with Crippen molar-refractivity contribution in [3.63, 3.8) is 0 Å². The largest absolute Gasteiger partial charge is 0.320 e. The zero-order valence-corrected chi connectivity index (χ0v) is 16.0. The van der Waals surface area contributed by atoms with Gasteiger partial charge in [0.1, 0.15) is 10.4 Å². The second kappa shape index (κ2) is 7.53. The fourth-order valence-corrected chi connectivity index (χ4v) is 6.57. The van der Waals surface area contributed by atoms with Crippen molar-refractivity contribution in [2.75, 3.05) is 17.9 Å². The standard InChI is InChI=1S/C17H18ClFN2O2S2/c1-20-10-4-7-17-24-16-6-3-2-5-15(16)21(25(17,22)23)12-8-9-14(19)13(18)11-12/h2-3,5-6,8-9,11,17,20H,4,7,10H2,1H3. The number of halogens is 2. The van der Waals surface area contributed by atoms with Crippen molar-refractivity contribution in [1.29, 1.82) is 0 Å². The molecule has 1 N–H and O–H groups in total. The van der Waals surface area contributed by atoms with Gasteiger partial charge in [-0.05, 0) is 56.8 Å². The van der Waals surface area contributed by atoms with Gasteiger partial charge >= 0.3 is 0 Å². The van der Waals surface area contributed by atoms with Gasteiger partial charge in [-0.25, -0.2) is 17.1 Å². The summed E-state index contributed by atoms with van der Waals surface area (Å²) in [6, 6.07) is 11.3. The van der Waals surface area contributed by atoms with Crippen LogP contribution in [0.15, 0.2) is 47.4 Å². The average molecular weight is 401 g/mol. The first-order valence-corrected chi connectivity index (χ1v) is 10.6. The van der Waals surface area contributed by atoms with E-state index in [1.165, 1.54) is 34.3 Å². The molecule has 0 aromatic heterocycles. The van der Waals surface area contributed by atoms with Gasteiger partial charge in [0.05, 0.1) is 16.4 Å². The molecule has 0 fully saturated rings. The second-order valence-corrected chi connectivity index (χ2v) is 9.58. The van der Waals surface area contributed by atoms with Crippen LogP contribution in [0.3, 0.4) is 0 Å². The van der Waals surface area contributed by atoms with E-state index in [4.69, 9.17) is 11.6 Å². The SMILES string of the molecule is CNCCCC1Sc2ccccc2N(c2ccc(F)c(Cl)c2)S1(=O)=O. The first kappa shape index (κ1) is 18.5. The van der Waals surface area contributed by atoms with Crippen LogP contribution < -0.4 is 9.62 Å². The maximum Gasteiger partial charge on any atom is 0.252 e. The molecule has 0 amide bonds. The van der Waals surface area contributed by atoms with Crippen molar-refractivity contribution < 1.29 is 12.8 Å². The topological polar surface area (TPSA) is 49.4 Å². The van der Waals surface area contributed by atoms with Gasteiger partial charge in [-0.15, -0.1) is 11.8 Å². The molecule has 25 heavy (non-hydrogen) atoms. The van der Waals surface area contributed by atoms with Gasteiger partial charge in [0, 0.05) is 4.90 Å². The Balaban J connectivity index is 2.08.